The van der Waals surface area contributed by atoms with Crippen molar-refractivity contribution in [2.24, 2.45) is 0 Å². The number of likely N-dealkylation sites (N-methyl/N-ethyl adjacent to an activating group) is 1. The summed E-state index contributed by atoms with van der Waals surface area (Å²) in [7, 11) is 2.11. The molecule has 1 aliphatic rings. The Morgan fingerprint density at radius 2 is 2.45 bits per heavy atom. The van der Waals surface area contributed by atoms with Crippen molar-refractivity contribution in [1.82, 2.24) is 15.1 Å². The lowest BCUT2D eigenvalue weighted by atomic mass is 9.97. The minimum atomic E-state index is 0.592. The number of aromatic amines is 1. The van der Waals surface area contributed by atoms with Crippen LogP contribution in [0, 0.1) is 0 Å². The zero-order valence-corrected chi connectivity index (χ0v) is 6.54. The number of hydrogen-bond acceptors (Lipinski definition) is 3. The molecule has 0 saturated carbocycles. The van der Waals surface area contributed by atoms with E-state index in [1.54, 1.807) is 0 Å². The van der Waals surface area contributed by atoms with Crippen LogP contribution in [-0.4, -0.2) is 35.2 Å². The number of hydrogen-bond donors (Lipinski definition) is 2. The Bertz CT molecular complexity index is 249. The monoisotopic (exact) mass is 152 g/mol. The molecule has 3 N–H and O–H groups in total. The topological polar surface area (TPSA) is 57.9 Å². The third-order valence-electron chi connectivity index (χ3n) is 2.12. The maximum Gasteiger partial charge on any atom is 0.145 e. The van der Waals surface area contributed by atoms with Crippen molar-refractivity contribution in [3.63, 3.8) is 0 Å². The molecule has 1 aromatic heterocycles. The van der Waals surface area contributed by atoms with Gasteiger partial charge < -0.3 is 10.6 Å². The van der Waals surface area contributed by atoms with Crippen LogP contribution < -0.4 is 5.73 Å². The molecule has 1 aromatic rings. The molecule has 1 saturated heterocycles. The van der Waals surface area contributed by atoms with Gasteiger partial charge in [-0.25, -0.2) is 0 Å². The Morgan fingerprint density at radius 3 is 2.91 bits per heavy atom. The minimum absolute atomic E-state index is 0.592. The predicted molar refractivity (Wildman–Crippen MR) is 43.2 cm³/mol. The Hall–Kier alpha value is -1.03. The van der Waals surface area contributed by atoms with Crippen molar-refractivity contribution in [1.29, 1.82) is 0 Å². The summed E-state index contributed by atoms with van der Waals surface area (Å²) in [5.74, 6) is 1.21. The first-order valence-corrected chi connectivity index (χ1v) is 3.75. The Morgan fingerprint density at radius 1 is 1.73 bits per heavy atom. The molecule has 0 atom stereocenters. The normalized spacial score (nSPS) is 20.1. The largest absolute Gasteiger partial charge is 0.382 e. The van der Waals surface area contributed by atoms with Gasteiger partial charge in [0.2, 0.25) is 0 Å². The first-order chi connectivity index (χ1) is 5.25. The quantitative estimate of drug-likeness (QED) is 0.596. The third-order valence-corrected chi connectivity index (χ3v) is 2.12. The van der Waals surface area contributed by atoms with Gasteiger partial charge in [-0.05, 0) is 7.05 Å². The fourth-order valence-electron chi connectivity index (χ4n) is 1.46. The highest BCUT2D eigenvalue weighted by atomic mass is 15.2. The van der Waals surface area contributed by atoms with Crippen molar-refractivity contribution in [2.75, 3.05) is 25.9 Å². The molecule has 0 aliphatic carbocycles. The van der Waals surface area contributed by atoms with Crippen LogP contribution in [0.25, 0.3) is 0 Å². The lowest BCUT2D eigenvalue weighted by Crippen LogP contribution is -2.41. The minimum Gasteiger partial charge on any atom is -0.382 e. The molecule has 0 aromatic carbocycles. The Balaban J connectivity index is 2.07. The highest BCUT2D eigenvalue weighted by Gasteiger charge is 2.25. The molecule has 0 spiro atoms. The first-order valence-electron chi connectivity index (χ1n) is 3.75. The van der Waals surface area contributed by atoms with Crippen LogP contribution in [0.4, 0.5) is 5.82 Å². The van der Waals surface area contributed by atoms with Gasteiger partial charge in [0.05, 0.1) is 0 Å². The van der Waals surface area contributed by atoms with Crippen molar-refractivity contribution >= 4 is 5.82 Å². The zero-order chi connectivity index (χ0) is 7.84. The molecule has 4 nitrogen and oxygen atoms in total. The second kappa shape index (κ2) is 2.23. The van der Waals surface area contributed by atoms with E-state index in [2.05, 4.69) is 22.1 Å². The van der Waals surface area contributed by atoms with Crippen LogP contribution >= 0.6 is 0 Å². The van der Waals surface area contributed by atoms with Crippen molar-refractivity contribution < 1.29 is 0 Å². The summed E-state index contributed by atoms with van der Waals surface area (Å²) in [4.78, 5) is 2.27. The molecule has 0 amide bonds. The van der Waals surface area contributed by atoms with E-state index in [9.17, 15) is 0 Å². The molecule has 0 radical (unpaired) electrons. The zero-order valence-electron chi connectivity index (χ0n) is 6.54. The summed E-state index contributed by atoms with van der Waals surface area (Å²) in [6.07, 6.45) is 0. The summed E-state index contributed by atoms with van der Waals surface area (Å²) < 4.78 is 0. The molecule has 2 rings (SSSR count). The van der Waals surface area contributed by atoms with Crippen LogP contribution in [0.2, 0.25) is 0 Å². The van der Waals surface area contributed by atoms with Gasteiger partial charge in [-0.15, -0.1) is 0 Å². The molecule has 1 aliphatic heterocycles. The number of nitrogen functional groups attached to an aromatic ring is 1. The number of nitrogens with two attached hydrogens (primary N) is 1. The predicted octanol–water partition coefficient (Wildman–Crippen LogP) is 0.0209. The van der Waals surface area contributed by atoms with E-state index in [1.807, 2.05) is 6.07 Å². The maximum absolute atomic E-state index is 5.47. The van der Waals surface area contributed by atoms with Gasteiger partial charge in [0, 0.05) is 30.8 Å². The van der Waals surface area contributed by atoms with E-state index in [-0.39, 0.29) is 0 Å². The highest BCUT2D eigenvalue weighted by Crippen LogP contribution is 2.24. The summed E-state index contributed by atoms with van der Waals surface area (Å²) in [6, 6.07) is 1.91. The van der Waals surface area contributed by atoms with Gasteiger partial charge in [-0.3, -0.25) is 5.10 Å². The average Bonchev–Trinajstić information content (AvgIpc) is 2.29. The number of H-pyrrole nitrogens is 1. The van der Waals surface area contributed by atoms with Gasteiger partial charge in [0.25, 0.3) is 0 Å². The molecule has 2 heterocycles. The molecule has 11 heavy (non-hydrogen) atoms. The summed E-state index contributed by atoms with van der Waals surface area (Å²) in [6.45, 7) is 2.23. The average molecular weight is 152 g/mol. The van der Waals surface area contributed by atoms with Crippen molar-refractivity contribution in [2.45, 2.75) is 5.92 Å². The van der Waals surface area contributed by atoms with Crippen LogP contribution in [0.3, 0.4) is 0 Å². The molecule has 60 valence electrons. The summed E-state index contributed by atoms with van der Waals surface area (Å²) in [5, 5.41) is 6.81. The number of rotatable bonds is 1. The fourth-order valence-corrected chi connectivity index (χ4v) is 1.46. The number of aromatic nitrogens is 2. The number of likely N-dealkylation sites (tertiary alicyclic amines) is 1. The van der Waals surface area contributed by atoms with E-state index in [0.29, 0.717) is 11.7 Å². The summed E-state index contributed by atoms with van der Waals surface area (Å²) >= 11 is 0. The van der Waals surface area contributed by atoms with Gasteiger partial charge in [0.15, 0.2) is 0 Å². The van der Waals surface area contributed by atoms with E-state index in [4.69, 9.17) is 5.73 Å². The lowest BCUT2D eigenvalue weighted by molar-refractivity contribution is 0.186. The molecular formula is C7H12N4. The first kappa shape index (κ1) is 6.67. The Kier molecular flexibility index (Phi) is 1.35. The third kappa shape index (κ3) is 1.09. The standard InChI is InChI=1S/C7H12N4/c1-11-3-5(4-11)6-2-7(8)10-9-6/h2,5H,3-4H2,1H3,(H3,8,9,10). The second-order valence-electron chi connectivity index (χ2n) is 3.17. The SMILES string of the molecule is CN1CC(c2cc(N)n[nH]2)C1. The van der Waals surface area contributed by atoms with Crippen LogP contribution in [-0.2, 0) is 0 Å². The molecule has 0 bridgehead atoms. The van der Waals surface area contributed by atoms with Crippen molar-refractivity contribution in [3.05, 3.63) is 11.8 Å². The van der Waals surface area contributed by atoms with E-state index < -0.39 is 0 Å². The van der Waals surface area contributed by atoms with Gasteiger partial charge in [-0.1, -0.05) is 0 Å². The lowest BCUT2D eigenvalue weighted by Gasteiger charge is -2.35. The van der Waals surface area contributed by atoms with E-state index in [0.717, 1.165) is 13.1 Å². The van der Waals surface area contributed by atoms with Crippen molar-refractivity contribution in [3.8, 4) is 0 Å². The van der Waals surface area contributed by atoms with Gasteiger partial charge in [-0.2, -0.15) is 5.10 Å². The second-order valence-corrected chi connectivity index (χ2v) is 3.17. The molecule has 0 unspecified atom stereocenters. The number of nitrogens with one attached hydrogen (secondary N) is 1. The van der Waals surface area contributed by atoms with E-state index in [1.165, 1.54) is 5.69 Å². The number of nitrogens with zero attached hydrogens (tertiary/aromatic N) is 2. The molecular weight excluding hydrogens is 140 g/mol. The summed E-state index contributed by atoms with van der Waals surface area (Å²) in [5.41, 5.74) is 6.64. The highest BCUT2D eigenvalue weighted by molar-refractivity contribution is 5.31. The van der Waals surface area contributed by atoms with Crippen LogP contribution in [0.5, 0.6) is 0 Å². The fraction of sp³-hybridized carbons (Fsp3) is 0.571. The number of anilines is 1. The smallest absolute Gasteiger partial charge is 0.145 e. The van der Waals surface area contributed by atoms with E-state index >= 15 is 0 Å². The van der Waals surface area contributed by atoms with Crippen LogP contribution in [0.15, 0.2) is 6.07 Å². The van der Waals surface area contributed by atoms with Gasteiger partial charge in [0.1, 0.15) is 5.82 Å². The molecule has 1 fully saturated rings. The van der Waals surface area contributed by atoms with Crippen LogP contribution in [0.1, 0.15) is 11.6 Å². The maximum atomic E-state index is 5.47. The van der Waals surface area contributed by atoms with Gasteiger partial charge >= 0.3 is 0 Å². The molecule has 4 heteroatoms. The Labute approximate surface area is 65.4 Å².